The van der Waals surface area contributed by atoms with Gasteiger partial charge in [0, 0.05) is 18.4 Å². The lowest BCUT2D eigenvalue weighted by atomic mass is 10.2. The van der Waals surface area contributed by atoms with Crippen molar-refractivity contribution in [1.82, 2.24) is 10.3 Å². The van der Waals surface area contributed by atoms with Gasteiger partial charge in [-0.25, -0.2) is 9.78 Å². The lowest BCUT2D eigenvalue weighted by Gasteiger charge is -2.16. The normalized spacial score (nSPS) is 11.9. The number of urea groups is 1. The Balaban J connectivity index is 1.68. The van der Waals surface area contributed by atoms with Gasteiger partial charge in [-0.1, -0.05) is 6.07 Å². The van der Waals surface area contributed by atoms with Crippen LogP contribution < -0.4 is 10.6 Å². The smallest absolute Gasteiger partial charge is 0.319 e. The van der Waals surface area contributed by atoms with E-state index in [2.05, 4.69) is 15.6 Å². The third-order valence-corrected chi connectivity index (χ3v) is 3.51. The van der Waals surface area contributed by atoms with Crippen LogP contribution in [-0.2, 0) is 4.74 Å². The van der Waals surface area contributed by atoms with Crippen LogP contribution >= 0.6 is 0 Å². The molecular formula is C18H19N3O4. The van der Waals surface area contributed by atoms with Crippen LogP contribution in [0.25, 0.3) is 11.5 Å². The second-order valence-corrected chi connectivity index (χ2v) is 5.48. The molecule has 0 aliphatic heterocycles. The molecule has 7 heteroatoms. The molecule has 2 N–H and O–H groups in total. The molecule has 0 radical (unpaired) electrons. The maximum atomic E-state index is 12.3. The number of aromatic nitrogens is 1. The van der Waals surface area contributed by atoms with E-state index in [4.69, 9.17) is 13.6 Å². The minimum atomic E-state index is -0.377. The van der Waals surface area contributed by atoms with Crippen LogP contribution in [0.15, 0.2) is 57.7 Å². The van der Waals surface area contributed by atoms with Gasteiger partial charge in [0.15, 0.2) is 0 Å². The Morgan fingerprint density at radius 3 is 2.88 bits per heavy atom. The van der Waals surface area contributed by atoms with Crippen LogP contribution in [0.4, 0.5) is 10.5 Å². The Kier molecular flexibility index (Phi) is 5.15. The molecular weight excluding hydrogens is 322 g/mol. The number of hydrogen-bond donors (Lipinski definition) is 2. The first-order valence-electron chi connectivity index (χ1n) is 7.78. The van der Waals surface area contributed by atoms with Gasteiger partial charge in [-0.2, -0.15) is 0 Å². The van der Waals surface area contributed by atoms with Crippen LogP contribution in [0.1, 0.15) is 17.6 Å². The fourth-order valence-corrected chi connectivity index (χ4v) is 2.39. The zero-order valence-corrected chi connectivity index (χ0v) is 14.0. The van der Waals surface area contributed by atoms with Crippen LogP contribution in [0.2, 0.25) is 0 Å². The number of amides is 2. The lowest BCUT2D eigenvalue weighted by Crippen LogP contribution is -2.34. The van der Waals surface area contributed by atoms with Crippen molar-refractivity contribution in [2.75, 3.05) is 19.0 Å². The molecule has 0 saturated heterocycles. The molecule has 0 bridgehead atoms. The van der Waals surface area contributed by atoms with Crippen molar-refractivity contribution in [3.63, 3.8) is 0 Å². The summed E-state index contributed by atoms with van der Waals surface area (Å²) in [7, 11) is 1.57. The number of rotatable bonds is 6. The molecule has 2 heterocycles. The number of carbonyl (C=O) groups is 1. The molecule has 0 aliphatic carbocycles. The number of furan rings is 1. The molecule has 2 amide bonds. The van der Waals surface area contributed by atoms with Gasteiger partial charge in [-0.15, -0.1) is 0 Å². The summed E-state index contributed by atoms with van der Waals surface area (Å²) < 4.78 is 16.0. The van der Waals surface area contributed by atoms with Crippen LogP contribution in [0.3, 0.4) is 0 Å². The van der Waals surface area contributed by atoms with E-state index in [-0.39, 0.29) is 12.1 Å². The van der Waals surface area contributed by atoms with Crippen molar-refractivity contribution in [2.24, 2.45) is 0 Å². The summed E-state index contributed by atoms with van der Waals surface area (Å²) >= 11 is 0. The van der Waals surface area contributed by atoms with Gasteiger partial charge in [-0.3, -0.25) is 0 Å². The van der Waals surface area contributed by atoms with Crippen LogP contribution in [0.5, 0.6) is 0 Å². The fourth-order valence-electron chi connectivity index (χ4n) is 2.39. The van der Waals surface area contributed by atoms with E-state index in [1.807, 2.05) is 19.1 Å². The highest BCUT2D eigenvalue weighted by Crippen LogP contribution is 2.22. The first-order chi connectivity index (χ1) is 12.2. The molecule has 3 rings (SSSR count). The summed E-state index contributed by atoms with van der Waals surface area (Å²) in [5, 5.41) is 5.62. The van der Waals surface area contributed by atoms with E-state index in [1.54, 1.807) is 43.8 Å². The van der Waals surface area contributed by atoms with E-state index in [9.17, 15) is 4.79 Å². The van der Waals surface area contributed by atoms with Crippen LogP contribution in [-0.4, -0.2) is 24.7 Å². The van der Waals surface area contributed by atoms with E-state index in [1.165, 1.54) is 0 Å². The van der Waals surface area contributed by atoms with Crippen LogP contribution in [0, 0.1) is 6.92 Å². The number of ether oxygens (including phenoxy) is 1. The molecule has 7 nitrogen and oxygen atoms in total. The Morgan fingerprint density at radius 2 is 2.20 bits per heavy atom. The van der Waals surface area contributed by atoms with Crippen molar-refractivity contribution >= 4 is 11.7 Å². The maximum Gasteiger partial charge on any atom is 0.319 e. The number of benzene rings is 1. The van der Waals surface area contributed by atoms with Gasteiger partial charge < -0.3 is 24.2 Å². The molecule has 25 heavy (non-hydrogen) atoms. The topological polar surface area (TPSA) is 89.5 Å². The third-order valence-electron chi connectivity index (χ3n) is 3.51. The summed E-state index contributed by atoms with van der Waals surface area (Å²) in [6, 6.07) is 10.1. The van der Waals surface area contributed by atoms with Gasteiger partial charge in [0.25, 0.3) is 0 Å². The monoisotopic (exact) mass is 341 g/mol. The number of methoxy groups -OCH3 is 1. The molecule has 0 fully saturated rings. The number of hydrogen-bond acceptors (Lipinski definition) is 5. The zero-order valence-electron chi connectivity index (χ0n) is 14.0. The van der Waals surface area contributed by atoms with E-state index in [0.717, 1.165) is 11.3 Å². The van der Waals surface area contributed by atoms with Crippen molar-refractivity contribution in [3.8, 4) is 11.5 Å². The third kappa shape index (κ3) is 4.27. The number of aryl methyl sites for hydroxylation is 1. The van der Waals surface area contributed by atoms with Crippen molar-refractivity contribution in [1.29, 1.82) is 0 Å². The quantitative estimate of drug-likeness (QED) is 0.712. The average molecular weight is 341 g/mol. The minimum Gasteiger partial charge on any atom is -0.467 e. The fraction of sp³-hybridized carbons (Fsp3) is 0.222. The molecule has 0 spiro atoms. The summed E-state index contributed by atoms with van der Waals surface area (Å²) in [6.07, 6.45) is 3.21. The average Bonchev–Trinajstić information content (AvgIpc) is 3.26. The maximum absolute atomic E-state index is 12.3. The molecule has 2 aromatic heterocycles. The number of nitrogens with one attached hydrogen (secondary N) is 2. The molecule has 0 aliphatic rings. The van der Waals surface area contributed by atoms with Crippen molar-refractivity contribution in [2.45, 2.75) is 13.0 Å². The standard InChI is InChI=1S/C18H19N3O4/c1-12-10-19-17(25-12)13-5-3-6-14(9-13)20-18(22)21-15(11-23-2)16-7-4-8-24-16/h3-10,15H,11H2,1-2H3,(H2,20,21,22)/t15-/m0/s1. The molecule has 130 valence electrons. The highest BCUT2D eigenvalue weighted by molar-refractivity contribution is 5.90. The largest absolute Gasteiger partial charge is 0.467 e. The summed E-state index contributed by atoms with van der Waals surface area (Å²) in [4.78, 5) is 16.5. The first-order valence-corrected chi connectivity index (χ1v) is 7.78. The number of oxazole rings is 1. The number of carbonyl (C=O) groups excluding carboxylic acids is 1. The first kappa shape index (κ1) is 16.8. The molecule has 0 unspecified atom stereocenters. The highest BCUT2D eigenvalue weighted by atomic mass is 16.5. The van der Waals surface area contributed by atoms with Gasteiger partial charge in [0.2, 0.25) is 5.89 Å². The van der Waals surface area contributed by atoms with E-state index >= 15 is 0 Å². The molecule has 3 aromatic rings. The lowest BCUT2D eigenvalue weighted by molar-refractivity contribution is 0.159. The molecule has 0 saturated carbocycles. The Labute approximate surface area is 145 Å². The summed E-state index contributed by atoms with van der Waals surface area (Å²) in [5.74, 6) is 1.86. The predicted molar refractivity (Wildman–Crippen MR) is 92.2 cm³/mol. The molecule has 1 atom stereocenters. The second-order valence-electron chi connectivity index (χ2n) is 5.48. The molecule has 1 aromatic carbocycles. The minimum absolute atomic E-state index is 0.302. The summed E-state index contributed by atoms with van der Waals surface area (Å²) in [5.41, 5.74) is 1.41. The van der Waals surface area contributed by atoms with Crippen molar-refractivity contribution in [3.05, 3.63) is 60.4 Å². The zero-order chi connectivity index (χ0) is 17.6. The van der Waals surface area contributed by atoms with Gasteiger partial charge in [0.05, 0.1) is 19.1 Å². The Bertz CT molecular complexity index is 826. The van der Waals surface area contributed by atoms with Gasteiger partial charge in [-0.05, 0) is 37.3 Å². The number of nitrogens with zero attached hydrogens (tertiary/aromatic N) is 1. The Hall–Kier alpha value is -3.06. The Morgan fingerprint density at radius 1 is 1.32 bits per heavy atom. The number of anilines is 1. The second kappa shape index (κ2) is 7.67. The van der Waals surface area contributed by atoms with Gasteiger partial charge in [0.1, 0.15) is 17.6 Å². The van der Waals surface area contributed by atoms with Crippen molar-refractivity contribution < 1.29 is 18.4 Å². The van der Waals surface area contributed by atoms with Gasteiger partial charge >= 0.3 is 6.03 Å². The predicted octanol–water partition coefficient (Wildman–Crippen LogP) is 3.75. The van der Waals surface area contributed by atoms with E-state index < -0.39 is 0 Å². The van der Waals surface area contributed by atoms with E-state index in [0.29, 0.717) is 23.9 Å². The SMILES string of the molecule is COC[C@H](NC(=O)Nc1cccc(-c2ncc(C)o2)c1)c1ccco1. The highest BCUT2D eigenvalue weighted by Gasteiger charge is 2.17. The summed E-state index contributed by atoms with van der Waals surface area (Å²) in [6.45, 7) is 2.13.